The van der Waals surface area contributed by atoms with Crippen LogP contribution in [0.15, 0.2) is 54.6 Å². The van der Waals surface area contributed by atoms with E-state index >= 15 is 0 Å². The van der Waals surface area contributed by atoms with Crippen molar-refractivity contribution in [1.82, 2.24) is 24.5 Å². The van der Waals surface area contributed by atoms with E-state index in [0.29, 0.717) is 0 Å². The van der Waals surface area contributed by atoms with Gasteiger partial charge in [-0.25, -0.2) is 9.97 Å². The molecule has 1 aliphatic rings. The van der Waals surface area contributed by atoms with Crippen LogP contribution in [0.3, 0.4) is 0 Å². The fourth-order valence-electron chi connectivity index (χ4n) is 4.73. The Hall–Kier alpha value is -3.54. The van der Waals surface area contributed by atoms with Crippen molar-refractivity contribution in [1.29, 1.82) is 0 Å². The van der Waals surface area contributed by atoms with Crippen LogP contribution in [0, 0.1) is 6.92 Å². The van der Waals surface area contributed by atoms with Gasteiger partial charge in [-0.2, -0.15) is 4.98 Å². The lowest BCUT2D eigenvalue weighted by molar-refractivity contribution is 0.589. The van der Waals surface area contributed by atoms with Crippen LogP contribution in [0.4, 0.5) is 5.95 Å². The van der Waals surface area contributed by atoms with Gasteiger partial charge < -0.3 is 9.47 Å². The Balaban J connectivity index is 1.44. The number of rotatable bonds is 4. The van der Waals surface area contributed by atoms with Crippen LogP contribution in [0.5, 0.6) is 0 Å². The Labute approximate surface area is 207 Å². The molecule has 4 heterocycles. The Morgan fingerprint density at radius 3 is 2.46 bits per heavy atom. The predicted octanol–water partition coefficient (Wildman–Crippen LogP) is 5.64. The van der Waals surface area contributed by atoms with Crippen molar-refractivity contribution in [2.24, 2.45) is 7.05 Å². The van der Waals surface area contributed by atoms with E-state index in [1.165, 1.54) is 27.8 Å². The third kappa shape index (κ3) is 4.97. The van der Waals surface area contributed by atoms with E-state index in [4.69, 9.17) is 9.97 Å². The number of hydrogen-bond donors (Lipinski definition) is 0. The molecule has 0 aliphatic carbocycles. The molecule has 35 heavy (non-hydrogen) atoms. The normalized spacial score (nSPS) is 14.5. The molecule has 0 bridgehead atoms. The number of hydrogen-bond acceptors (Lipinski definition) is 5. The zero-order chi connectivity index (χ0) is 24.6. The molecule has 0 atom stereocenters. The molecule has 1 saturated heterocycles. The van der Waals surface area contributed by atoms with Gasteiger partial charge in [0.05, 0.1) is 12.0 Å². The maximum Gasteiger partial charge on any atom is 0.227 e. The fraction of sp³-hybridized carbons (Fsp3) is 0.379. The van der Waals surface area contributed by atoms with Crippen LogP contribution < -0.4 is 4.90 Å². The molecule has 1 aliphatic heterocycles. The molecule has 0 amide bonds. The zero-order valence-corrected chi connectivity index (χ0v) is 21.4. The Bertz CT molecular complexity index is 1370. The van der Waals surface area contributed by atoms with E-state index in [1.54, 1.807) is 0 Å². The Kier molecular flexibility index (Phi) is 6.13. The molecule has 4 aromatic rings. The highest BCUT2D eigenvalue weighted by molar-refractivity contribution is 5.75. The number of nitrogens with zero attached hydrogens (tertiary/aromatic N) is 6. The summed E-state index contributed by atoms with van der Waals surface area (Å²) in [4.78, 5) is 21.0. The summed E-state index contributed by atoms with van der Waals surface area (Å²) in [6.07, 6.45) is 10.6. The van der Waals surface area contributed by atoms with Crippen LogP contribution in [-0.4, -0.2) is 37.6 Å². The van der Waals surface area contributed by atoms with Gasteiger partial charge in [-0.05, 0) is 59.6 Å². The predicted molar refractivity (Wildman–Crippen MR) is 143 cm³/mol. The van der Waals surface area contributed by atoms with E-state index in [1.807, 2.05) is 30.3 Å². The lowest BCUT2D eigenvalue weighted by atomic mass is 9.84. The van der Waals surface area contributed by atoms with Gasteiger partial charge in [0.25, 0.3) is 0 Å². The summed E-state index contributed by atoms with van der Waals surface area (Å²) in [5.41, 5.74) is 9.56. The fourth-order valence-corrected chi connectivity index (χ4v) is 4.73. The van der Waals surface area contributed by atoms with Crippen molar-refractivity contribution >= 4 is 23.2 Å². The van der Waals surface area contributed by atoms with Crippen LogP contribution in [0.2, 0.25) is 0 Å². The van der Waals surface area contributed by atoms with Gasteiger partial charge in [-0.3, -0.25) is 4.98 Å². The molecule has 180 valence electrons. The van der Waals surface area contributed by atoms with Crippen molar-refractivity contribution in [2.45, 2.75) is 52.4 Å². The largest absolute Gasteiger partial charge is 0.340 e. The Morgan fingerprint density at radius 2 is 1.74 bits per heavy atom. The first-order chi connectivity index (χ1) is 16.8. The minimum absolute atomic E-state index is 0.108. The quantitative estimate of drug-likeness (QED) is 0.390. The number of piperidine rings is 1. The zero-order valence-electron chi connectivity index (χ0n) is 21.4. The minimum Gasteiger partial charge on any atom is -0.340 e. The monoisotopic (exact) mass is 466 g/mol. The summed E-state index contributed by atoms with van der Waals surface area (Å²) in [5.74, 6) is 0.791. The summed E-state index contributed by atoms with van der Waals surface area (Å²) < 4.78 is 2.04. The number of anilines is 1. The summed E-state index contributed by atoms with van der Waals surface area (Å²) in [7, 11) is 2.03. The SMILES string of the molecule is Cc1ccc(C(C)(C)C)cc1Cc1nc(N2CCC(=Cc3ccncc3)CC2)nc2ncn(C)c12. The number of pyridine rings is 1. The first kappa shape index (κ1) is 23.2. The van der Waals surface area contributed by atoms with Crippen molar-refractivity contribution in [3.63, 3.8) is 0 Å². The van der Waals surface area contributed by atoms with Crippen molar-refractivity contribution < 1.29 is 0 Å². The molecule has 1 fully saturated rings. The van der Waals surface area contributed by atoms with Gasteiger partial charge in [0.15, 0.2) is 5.65 Å². The second-order valence-electron chi connectivity index (χ2n) is 10.6. The lowest BCUT2D eigenvalue weighted by Crippen LogP contribution is -2.32. The third-order valence-corrected chi connectivity index (χ3v) is 6.97. The molecule has 0 N–H and O–H groups in total. The average Bonchev–Trinajstić information content (AvgIpc) is 3.22. The molecule has 0 radical (unpaired) electrons. The summed E-state index contributed by atoms with van der Waals surface area (Å²) in [6, 6.07) is 10.9. The molecule has 0 saturated carbocycles. The van der Waals surface area contributed by atoms with E-state index in [0.717, 1.165) is 55.2 Å². The second-order valence-corrected chi connectivity index (χ2v) is 10.6. The number of benzene rings is 1. The molecule has 1 aromatic carbocycles. The molecule has 6 nitrogen and oxygen atoms in total. The summed E-state index contributed by atoms with van der Waals surface area (Å²) in [5, 5.41) is 0. The number of aryl methyl sites for hydroxylation is 2. The molecular weight excluding hydrogens is 432 g/mol. The molecule has 3 aromatic heterocycles. The van der Waals surface area contributed by atoms with Crippen LogP contribution in [0.25, 0.3) is 17.2 Å². The smallest absolute Gasteiger partial charge is 0.227 e. The second kappa shape index (κ2) is 9.25. The van der Waals surface area contributed by atoms with E-state index < -0.39 is 0 Å². The van der Waals surface area contributed by atoms with Gasteiger partial charge in [0, 0.05) is 39.0 Å². The highest BCUT2D eigenvalue weighted by atomic mass is 15.3. The van der Waals surface area contributed by atoms with Crippen molar-refractivity contribution in [3.05, 3.63) is 82.6 Å². The number of imidazole rings is 1. The standard InChI is InChI=1S/C29H34N6/c1-20-6-7-24(29(2,3)4)17-23(20)18-25-26-27(31-19-34(26)5)33-28(32-25)35-14-10-22(11-15-35)16-21-8-12-30-13-9-21/h6-9,12-13,16-17,19H,10-11,14-15,18H2,1-5H3. The maximum atomic E-state index is 5.12. The third-order valence-electron chi connectivity index (χ3n) is 6.97. The summed E-state index contributed by atoms with van der Waals surface area (Å²) in [6.45, 7) is 10.8. The average molecular weight is 467 g/mol. The van der Waals surface area contributed by atoms with Crippen LogP contribution in [0.1, 0.15) is 61.6 Å². The first-order valence-corrected chi connectivity index (χ1v) is 12.4. The molecule has 6 heteroatoms. The molecule has 5 rings (SSSR count). The Morgan fingerprint density at radius 1 is 1.00 bits per heavy atom. The van der Waals surface area contributed by atoms with E-state index in [2.05, 4.69) is 79.0 Å². The first-order valence-electron chi connectivity index (χ1n) is 12.4. The van der Waals surface area contributed by atoms with Gasteiger partial charge >= 0.3 is 0 Å². The van der Waals surface area contributed by atoms with Crippen molar-refractivity contribution in [2.75, 3.05) is 18.0 Å². The van der Waals surface area contributed by atoms with Gasteiger partial charge in [-0.15, -0.1) is 0 Å². The summed E-state index contributed by atoms with van der Waals surface area (Å²) >= 11 is 0. The molecule has 0 unspecified atom stereocenters. The van der Waals surface area contributed by atoms with Crippen LogP contribution in [-0.2, 0) is 18.9 Å². The van der Waals surface area contributed by atoms with Gasteiger partial charge in [0.2, 0.25) is 5.95 Å². The van der Waals surface area contributed by atoms with Gasteiger partial charge in [-0.1, -0.05) is 50.6 Å². The number of fused-ring (bicyclic) bond motifs is 1. The topological polar surface area (TPSA) is 59.7 Å². The van der Waals surface area contributed by atoms with E-state index in [-0.39, 0.29) is 5.41 Å². The van der Waals surface area contributed by atoms with Crippen LogP contribution >= 0.6 is 0 Å². The highest BCUT2D eigenvalue weighted by Gasteiger charge is 2.21. The van der Waals surface area contributed by atoms with Gasteiger partial charge in [0.1, 0.15) is 5.52 Å². The van der Waals surface area contributed by atoms with E-state index in [9.17, 15) is 0 Å². The van der Waals surface area contributed by atoms with Crippen molar-refractivity contribution in [3.8, 4) is 0 Å². The lowest BCUT2D eigenvalue weighted by Gasteiger charge is -2.29. The molecular formula is C29H34N6. The minimum atomic E-state index is 0.108. The highest BCUT2D eigenvalue weighted by Crippen LogP contribution is 2.29. The molecule has 0 spiro atoms. The number of aromatic nitrogens is 5. The maximum absolute atomic E-state index is 5.12.